The maximum atomic E-state index is 6.07. The highest BCUT2D eigenvalue weighted by molar-refractivity contribution is 4.97. The first-order chi connectivity index (χ1) is 8.81. The second-order valence-electron chi connectivity index (χ2n) is 6.86. The molecule has 3 rings (SSSR count). The van der Waals surface area contributed by atoms with Crippen LogP contribution in [0.15, 0.2) is 0 Å². The number of hydrogen-bond donors (Lipinski definition) is 1. The molecule has 2 heteroatoms. The Labute approximate surface area is 112 Å². The molecule has 0 bridgehead atoms. The van der Waals surface area contributed by atoms with Crippen LogP contribution in [-0.2, 0) is 4.74 Å². The Morgan fingerprint density at radius 2 is 2.06 bits per heavy atom. The molecule has 1 spiro atoms. The smallest absolute Gasteiger partial charge is 0.0685 e. The van der Waals surface area contributed by atoms with E-state index in [9.17, 15) is 0 Å². The quantitative estimate of drug-likeness (QED) is 0.825. The van der Waals surface area contributed by atoms with Gasteiger partial charge in [0.15, 0.2) is 0 Å². The van der Waals surface area contributed by atoms with Crippen molar-refractivity contribution in [3.63, 3.8) is 0 Å². The SMILES string of the molecule is CCCNC1CCC(C2CCOC3(CCC3)C2)C1. The van der Waals surface area contributed by atoms with Gasteiger partial charge in [0, 0.05) is 12.6 Å². The standard InChI is InChI=1S/C16H29NO/c1-2-9-17-15-5-4-13(11-15)14-6-10-18-16(12-14)7-3-8-16/h13-15,17H,2-12H2,1H3. The Morgan fingerprint density at radius 3 is 2.78 bits per heavy atom. The normalized spacial score (nSPS) is 38.8. The van der Waals surface area contributed by atoms with Gasteiger partial charge in [0.05, 0.1) is 5.60 Å². The van der Waals surface area contributed by atoms with Crippen molar-refractivity contribution in [1.29, 1.82) is 0 Å². The summed E-state index contributed by atoms with van der Waals surface area (Å²) >= 11 is 0. The second kappa shape index (κ2) is 5.50. The topological polar surface area (TPSA) is 21.3 Å². The van der Waals surface area contributed by atoms with E-state index in [0.717, 1.165) is 24.5 Å². The average molecular weight is 251 g/mol. The van der Waals surface area contributed by atoms with E-state index >= 15 is 0 Å². The minimum absolute atomic E-state index is 0.345. The van der Waals surface area contributed by atoms with Gasteiger partial charge in [-0.2, -0.15) is 0 Å². The van der Waals surface area contributed by atoms with Crippen LogP contribution in [0.2, 0.25) is 0 Å². The molecule has 3 fully saturated rings. The lowest BCUT2D eigenvalue weighted by Crippen LogP contribution is -2.46. The molecule has 3 aliphatic rings. The van der Waals surface area contributed by atoms with Crippen LogP contribution in [-0.4, -0.2) is 24.8 Å². The van der Waals surface area contributed by atoms with Crippen molar-refractivity contribution in [2.75, 3.05) is 13.2 Å². The summed E-state index contributed by atoms with van der Waals surface area (Å²) in [5.41, 5.74) is 0.345. The largest absolute Gasteiger partial charge is 0.375 e. The number of ether oxygens (including phenoxy) is 1. The van der Waals surface area contributed by atoms with Crippen LogP contribution in [0.25, 0.3) is 0 Å². The van der Waals surface area contributed by atoms with Crippen molar-refractivity contribution >= 4 is 0 Å². The molecule has 2 nitrogen and oxygen atoms in total. The molecule has 2 saturated carbocycles. The van der Waals surface area contributed by atoms with Crippen LogP contribution in [0.5, 0.6) is 0 Å². The molecule has 3 atom stereocenters. The summed E-state index contributed by atoms with van der Waals surface area (Å²) in [7, 11) is 0. The van der Waals surface area contributed by atoms with Crippen molar-refractivity contribution in [2.45, 2.75) is 76.4 Å². The first-order valence-corrected chi connectivity index (χ1v) is 8.19. The van der Waals surface area contributed by atoms with Crippen molar-refractivity contribution in [3.8, 4) is 0 Å². The van der Waals surface area contributed by atoms with Gasteiger partial charge < -0.3 is 10.1 Å². The maximum absolute atomic E-state index is 6.07. The van der Waals surface area contributed by atoms with Crippen LogP contribution in [0.4, 0.5) is 0 Å². The van der Waals surface area contributed by atoms with Crippen LogP contribution >= 0.6 is 0 Å². The van der Waals surface area contributed by atoms with Crippen LogP contribution in [0, 0.1) is 11.8 Å². The summed E-state index contributed by atoms with van der Waals surface area (Å²) in [6.07, 6.45) is 12.4. The van der Waals surface area contributed by atoms with Gasteiger partial charge >= 0.3 is 0 Å². The highest BCUT2D eigenvalue weighted by Gasteiger charge is 2.45. The second-order valence-corrected chi connectivity index (χ2v) is 6.86. The van der Waals surface area contributed by atoms with E-state index in [2.05, 4.69) is 12.2 Å². The first-order valence-electron chi connectivity index (χ1n) is 8.19. The third-order valence-electron chi connectivity index (χ3n) is 5.62. The molecule has 2 aliphatic carbocycles. The molecule has 1 N–H and O–H groups in total. The van der Waals surface area contributed by atoms with Crippen molar-refractivity contribution < 1.29 is 4.74 Å². The molecule has 0 radical (unpaired) electrons. The van der Waals surface area contributed by atoms with E-state index in [0.29, 0.717) is 5.60 Å². The van der Waals surface area contributed by atoms with Crippen LogP contribution in [0.3, 0.4) is 0 Å². The Bertz CT molecular complexity index is 274. The van der Waals surface area contributed by atoms with E-state index < -0.39 is 0 Å². The molecule has 0 amide bonds. The van der Waals surface area contributed by atoms with Gasteiger partial charge in [-0.05, 0) is 76.2 Å². The van der Waals surface area contributed by atoms with Gasteiger partial charge in [-0.3, -0.25) is 0 Å². The third kappa shape index (κ3) is 2.60. The van der Waals surface area contributed by atoms with Gasteiger partial charge in [-0.15, -0.1) is 0 Å². The summed E-state index contributed by atoms with van der Waals surface area (Å²) in [4.78, 5) is 0. The monoisotopic (exact) mass is 251 g/mol. The summed E-state index contributed by atoms with van der Waals surface area (Å²) < 4.78 is 6.07. The highest BCUT2D eigenvalue weighted by atomic mass is 16.5. The molecule has 1 saturated heterocycles. The van der Waals surface area contributed by atoms with Crippen molar-refractivity contribution in [2.24, 2.45) is 11.8 Å². The molecule has 1 heterocycles. The number of nitrogens with one attached hydrogen (secondary N) is 1. The van der Waals surface area contributed by atoms with Crippen molar-refractivity contribution in [3.05, 3.63) is 0 Å². The lowest BCUT2D eigenvalue weighted by Gasteiger charge is -2.48. The molecule has 0 aromatic heterocycles. The van der Waals surface area contributed by atoms with E-state index in [1.54, 1.807) is 0 Å². The maximum Gasteiger partial charge on any atom is 0.0685 e. The molecular weight excluding hydrogens is 222 g/mol. The molecule has 104 valence electrons. The van der Waals surface area contributed by atoms with E-state index in [-0.39, 0.29) is 0 Å². The summed E-state index contributed by atoms with van der Waals surface area (Å²) in [5, 5.41) is 3.72. The Morgan fingerprint density at radius 1 is 1.17 bits per heavy atom. The first kappa shape index (κ1) is 12.9. The van der Waals surface area contributed by atoms with Gasteiger partial charge in [-0.1, -0.05) is 6.92 Å². The molecule has 3 unspecified atom stereocenters. The summed E-state index contributed by atoms with van der Waals surface area (Å²) in [6.45, 7) is 4.50. The molecule has 1 aliphatic heterocycles. The molecular formula is C16H29NO. The Balaban J connectivity index is 1.49. The fraction of sp³-hybridized carbons (Fsp3) is 1.00. The van der Waals surface area contributed by atoms with Gasteiger partial charge in [0.25, 0.3) is 0 Å². The predicted molar refractivity (Wildman–Crippen MR) is 74.7 cm³/mol. The fourth-order valence-corrected chi connectivity index (χ4v) is 4.37. The lowest BCUT2D eigenvalue weighted by molar-refractivity contribution is -0.149. The van der Waals surface area contributed by atoms with Gasteiger partial charge in [0.1, 0.15) is 0 Å². The van der Waals surface area contributed by atoms with E-state index in [4.69, 9.17) is 4.74 Å². The van der Waals surface area contributed by atoms with E-state index in [1.165, 1.54) is 64.3 Å². The molecule has 0 aromatic carbocycles. The Hall–Kier alpha value is -0.0800. The zero-order valence-electron chi connectivity index (χ0n) is 11.9. The predicted octanol–water partition coefficient (Wildman–Crippen LogP) is 3.50. The minimum Gasteiger partial charge on any atom is -0.375 e. The third-order valence-corrected chi connectivity index (χ3v) is 5.62. The highest BCUT2D eigenvalue weighted by Crippen LogP contribution is 2.48. The molecule has 18 heavy (non-hydrogen) atoms. The average Bonchev–Trinajstić information content (AvgIpc) is 2.83. The van der Waals surface area contributed by atoms with Crippen LogP contribution in [0.1, 0.15) is 64.7 Å². The van der Waals surface area contributed by atoms with Gasteiger partial charge in [-0.25, -0.2) is 0 Å². The van der Waals surface area contributed by atoms with Crippen LogP contribution < -0.4 is 5.32 Å². The summed E-state index contributed by atoms with van der Waals surface area (Å²) in [5.74, 6) is 1.95. The molecule has 0 aromatic rings. The van der Waals surface area contributed by atoms with E-state index in [1.807, 2.05) is 0 Å². The summed E-state index contributed by atoms with van der Waals surface area (Å²) in [6, 6.07) is 0.815. The zero-order valence-corrected chi connectivity index (χ0v) is 11.9. The van der Waals surface area contributed by atoms with Crippen molar-refractivity contribution in [1.82, 2.24) is 5.32 Å². The lowest BCUT2D eigenvalue weighted by atomic mass is 9.69. The number of rotatable bonds is 4. The zero-order chi connectivity index (χ0) is 12.4. The fourth-order valence-electron chi connectivity index (χ4n) is 4.37. The number of hydrogen-bond acceptors (Lipinski definition) is 2. The van der Waals surface area contributed by atoms with Gasteiger partial charge in [0.2, 0.25) is 0 Å². The minimum atomic E-state index is 0.345. The Kier molecular flexibility index (Phi) is 3.95.